The molecule has 0 amide bonds. The van der Waals surface area contributed by atoms with Crippen molar-refractivity contribution in [1.29, 1.82) is 0 Å². The lowest BCUT2D eigenvalue weighted by atomic mass is 9.87. The van der Waals surface area contributed by atoms with Gasteiger partial charge < -0.3 is 47.1 Å². The van der Waals surface area contributed by atoms with Crippen molar-refractivity contribution in [1.82, 2.24) is 0 Å². The molecule has 0 aromatic rings. The van der Waals surface area contributed by atoms with Crippen molar-refractivity contribution in [2.45, 2.75) is 67.8 Å². The van der Waals surface area contributed by atoms with Gasteiger partial charge in [-0.2, -0.15) is 0 Å². The molecule has 2 rings (SSSR count). The summed E-state index contributed by atoms with van der Waals surface area (Å²) in [5.41, 5.74) is 17.1. The molecule has 124 valence electrons. The quantitative estimate of drug-likeness (QED) is 0.273. The summed E-state index contributed by atoms with van der Waals surface area (Å²) >= 11 is 0. The van der Waals surface area contributed by atoms with E-state index in [-0.39, 0.29) is 13.0 Å². The third kappa shape index (κ3) is 3.52. The number of nitrogens with two attached hydrogens (primary N) is 3. The van der Waals surface area contributed by atoms with Crippen molar-refractivity contribution in [3.05, 3.63) is 0 Å². The van der Waals surface area contributed by atoms with Gasteiger partial charge in [-0.3, -0.25) is 0 Å². The van der Waals surface area contributed by atoms with Crippen molar-refractivity contribution in [2.24, 2.45) is 17.2 Å². The van der Waals surface area contributed by atoms with Gasteiger partial charge in [0, 0.05) is 18.6 Å². The summed E-state index contributed by atoms with van der Waals surface area (Å²) in [5, 5.41) is 39.1. The molecule has 1 aliphatic carbocycles. The minimum absolute atomic E-state index is 0.0280. The average molecular weight is 307 g/mol. The second kappa shape index (κ2) is 6.82. The molecule has 2 aliphatic rings. The van der Waals surface area contributed by atoms with Crippen molar-refractivity contribution in [3.8, 4) is 0 Å². The van der Waals surface area contributed by atoms with Crippen LogP contribution in [0.1, 0.15) is 12.8 Å². The van der Waals surface area contributed by atoms with E-state index in [2.05, 4.69) is 0 Å². The van der Waals surface area contributed by atoms with Crippen molar-refractivity contribution >= 4 is 0 Å². The zero-order valence-electron chi connectivity index (χ0n) is 11.7. The largest absolute Gasteiger partial charge is 0.391 e. The maximum Gasteiger partial charge on any atom is 0.186 e. The molecule has 9 atom stereocenters. The molecule has 1 aliphatic heterocycles. The van der Waals surface area contributed by atoms with Crippen LogP contribution in [0.5, 0.6) is 0 Å². The Labute approximate surface area is 122 Å². The number of hydrogen-bond donors (Lipinski definition) is 7. The Kier molecular flexibility index (Phi) is 5.52. The van der Waals surface area contributed by atoms with E-state index >= 15 is 0 Å². The Balaban J connectivity index is 2.01. The average Bonchev–Trinajstić information content (AvgIpc) is 2.45. The predicted molar refractivity (Wildman–Crippen MR) is 71.8 cm³/mol. The summed E-state index contributed by atoms with van der Waals surface area (Å²) in [5.74, 6) is 0. The summed E-state index contributed by atoms with van der Waals surface area (Å²) in [4.78, 5) is 0. The van der Waals surface area contributed by atoms with Crippen LogP contribution in [0.3, 0.4) is 0 Å². The molecular weight excluding hydrogens is 282 g/mol. The Morgan fingerprint density at radius 1 is 0.952 bits per heavy atom. The SMILES string of the molecule is NC[C@@H]1O[C@@H](O[C@H]2C[C@H](N)[C@@H](O)C[C@@H]2N)[C@@H](O)[C@H](O)[C@H]1O. The molecule has 0 unspecified atom stereocenters. The summed E-state index contributed by atoms with van der Waals surface area (Å²) in [7, 11) is 0. The second-order valence-electron chi connectivity index (χ2n) is 5.79. The zero-order valence-corrected chi connectivity index (χ0v) is 11.7. The van der Waals surface area contributed by atoms with Gasteiger partial charge in [-0.1, -0.05) is 0 Å². The highest BCUT2D eigenvalue weighted by atomic mass is 16.7. The minimum atomic E-state index is -1.42. The van der Waals surface area contributed by atoms with Gasteiger partial charge in [0.15, 0.2) is 6.29 Å². The highest BCUT2D eigenvalue weighted by molar-refractivity contribution is 4.94. The first-order valence-corrected chi connectivity index (χ1v) is 7.09. The lowest BCUT2D eigenvalue weighted by Crippen LogP contribution is -2.62. The molecule has 1 heterocycles. The monoisotopic (exact) mass is 307 g/mol. The fourth-order valence-corrected chi connectivity index (χ4v) is 2.76. The maximum absolute atomic E-state index is 9.93. The van der Waals surface area contributed by atoms with Gasteiger partial charge in [0.2, 0.25) is 0 Å². The molecule has 9 heteroatoms. The van der Waals surface area contributed by atoms with Gasteiger partial charge in [0.25, 0.3) is 0 Å². The Bertz CT molecular complexity index is 347. The van der Waals surface area contributed by atoms with E-state index in [1.54, 1.807) is 0 Å². The molecule has 0 aromatic carbocycles. The fourth-order valence-electron chi connectivity index (χ4n) is 2.76. The first-order chi connectivity index (χ1) is 9.85. The first kappa shape index (κ1) is 17.0. The number of aliphatic hydroxyl groups is 4. The van der Waals surface area contributed by atoms with Gasteiger partial charge in [-0.15, -0.1) is 0 Å². The van der Waals surface area contributed by atoms with Crippen LogP contribution in [0.25, 0.3) is 0 Å². The molecule has 1 saturated heterocycles. The number of ether oxygens (including phenoxy) is 2. The van der Waals surface area contributed by atoms with Crippen molar-refractivity contribution < 1.29 is 29.9 Å². The number of rotatable bonds is 3. The molecule has 0 radical (unpaired) electrons. The highest BCUT2D eigenvalue weighted by Crippen LogP contribution is 2.27. The Morgan fingerprint density at radius 3 is 2.24 bits per heavy atom. The third-order valence-corrected chi connectivity index (χ3v) is 4.20. The Hall–Kier alpha value is -0.360. The molecule has 1 saturated carbocycles. The van der Waals surface area contributed by atoms with Gasteiger partial charge >= 0.3 is 0 Å². The summed E-state index contributed by atoms with van der Waals surface area (Å²) in [6.07, 6.45) is -6.75. The van der Waals surface area contributed by atoms with E-state index in [1.165, 1.54) is 0 Å². The lowest BCUT2D eigenvalue weighted by molar-refractivity contribution is -0.309. The minimum Gasteiger partial charge on any atom is -0.391 e. The van der Waals surface area contributed by atoms with Crippen LogP contribution in [0.15, 0.2) is 0 Å². The highest BCUT2D eigenvalue weighted by Gasteiger charge is 2.45. The van der Waals surface area contributed by atoms with Crippen LogP contribution >= 0.6 is 0 Å². The molecular formula is C12H25N3O6. The molecule has 0 spiro atoms. The van der Waals surface area contributed by atoms with Crippen LogP contribution in [-0.2, 0) is 9.47 Å². The maximum atomic E-state index is 9.93. The van der Waals surface area contributed by atoms with Crippen LogP contribution in [0.4, 0.5) is 0 Å². The van der Waals surface area contributed by atoms with E-state index in [0.717, 1.165) is 0 Å². The normalized spacial score (nSPS) is 51.9. The van der Waals surface area contributed by atoms with E-state index in [0.29, 0.717) is 6.42 Å². The van der Waals surface area contributed by atoms with Gasteiger partial charge in [0.1, 0.15) is 24.4 Å². The predicted octanol–water partition coefficient (Wildman–Crippen LogP) is -4.05. The van der Waals surface area contributed by atoms with Crippen LogP contribution < -0.4 is 17.2 Å². The van der Waals surface area contributed by atoms with Crippen molar-refractivity contribution in [2.75, 3.05) is 6.54 Å². The molecule has 9 nitrogen and oxygen atoms in total. The molecule has 2 fully saturated rings. The molecule has 21 heavy (non-hydrogen) atoms. The van der Waals surface area contributed by atoms with Crippen LogP contribution in [0.2, 0.25) is 0 Å². The third-order valence-electron chi connectivity index (χ3n) is 4.20. The molecule has 0 aromatic heterocycles. The summed E-state index contributed by atoms with van der Waals surface area (Å²) < 4.78 is 11.0. The van der Waals surface area contributed by atoms with Gasteiger partial charge in [0.05, 0.1) is 12.2 Å². The lowest BCUT2D eigenvalue weighted by Gasteiger charge is -2.43. The van der Waals surface area contributed by atoms with E-state index < -0.39 is 55.0 Å². The van der Waals surface area contributed by atoms with E-state index in [1.807, 2.05) is 0 Å². The number of aliphatic hydroxyl groups excluding tert-OH is 4. The topological polar surface area (TPSA) is 177 Å². The first-order valence-electron chi connectivity index (χ1n) is 7.09. The van der Waals surface area contributed by atoms with Gasteiger partial charge in [-0.05, 0) is 12.8 Å². The van der Waals surface area contributed by atoms with E-state index in [9.17, 15) is 20.4 Å². The Morgan fingerprint density at radius 2 is 1.62 bits per heavy atom. The van der Waals surface area contributed by atoms with E-state index in [4.69, 9.17) is 26.7 Å². The van der Waals surface area contributed by atoms with Crippen LogP contribution in [0, 0.1) is 0 Å². The van der Waals surface area contributed by atoms with Gasteiger partial charge in [-0.25, -0.2) is 0 Å². The second-order valence-corrected chi connectivity index (χ2v) is 5.79. The number of hydrogen-bond acceptors (Lipinski definition) is 9. The zero-order chi connectivity index (χ0) is 15.7. The van der Waals surface area contributed by atoms with Crippen LogP contribution in [-0.4, -0.2) is 82.0 Å². The fraction of sp³-hybridized carbons (Fsp3) is 1.00. The molecule has 0 bridgehead atoms. The summed E-state index contributed by atoms with van der Waals surface area (Å²) in [6, 6.07) is -0.938. The smallest absolute Gasteiger partial charge is 0.186 e. The standard InChI is InChI=1S/C12H25N3O6/c13-3-8-9(17)10(18)11(19)12(21-8)20-7-2-4(14)6(16)1-5(7)15/h4-12,16-19H,1-3,13-15H2/t4-,5-,6-,7-,8-,9-,10+,11-,12+/m0/s1. The van der Waals surface area contributed by atoms with Crippen molar-refractivity contribution in [3.63, 3.8) is 0 Å². The molecule has 10 N–H and O–H groups in total. The summed E-state index contributed by atoms with van der Waals surface area (Å²) in [6.45, 7) is -0.0280.